The molecule has 18 heavy (non-hydrogen) atoms. The molecule has 0 atom stereocenters. The normalized spacial score (nSPS) is 14.5. The summed E-state index contributed by atoms with van der Waals surface area (Å²) in [4.78, 5) is 13.2. The SMILES string of the molecule is COC(=O)c1nn(-c2ccccc2)nc1C1CC1. The van der Waals surface area contributed by atoms with Crippen LogP contribution in [-0.4, -0.2) is 28.1 Å². The molecule has 5 nitrogen and oxygen atoms in total. The first kappa shape index (κ1) is 11.0. The third-order valence-corrected chi connectivity index (χ3v) is 2.97. The van der Waals surface area contributed by atoms with E-state index in [0.29, 0.717) is 11.6 Å². The van der Waals surface area contributed by atoms with Gasteiger partial charge in [-0.3, -0.25) is 0 Å². The van der Waals surface area contributed by atoms with E-state index in [1.807, 2.05) is 30.3 Å². The zero-order valence-electron chi connectivity index (χ0n) is 10.0. The number of ether oxygens (including phenoxy) is 1. The molecule has 2 aromatic rings. The quantitative estimate of drug-likeness (QED) is 0.773. The van der Waals surface area contributed by atoms with Gasteiger partial charge in [0.2, 0.25) is 0 Å². The van der Waals surface area contributed by atoms with E-state index >= 15 is 0 Å². The molecule has 92 valence electrons. The zero-order valence-corrected chi connectivity index (χ0v) is 10.0. The molecule has 0 saturated heterocycles. The van der Waals surface area contributed by atoms with Gasteiger partial charge in [-0.25, -0.2) is 4.79 Å². The Morgan fingerprint density at radius 1 is 1.28 bits per heavy atom. The van der Waals surface area contributed by atoms with Gasteiger partial charge in [0.05, 0.1) is 12.8 Å². The lowest BCUT2D eigenvalue weighted by atomic mass is 10.2. The summed E-state index contributed by atoms with van der Waals surface area (Å²) in [6.45, 7) is 0. The van der Waals surface area contributed by atoms with E-state index in [9.17, 15) is 4.79 Å². The number of benzene rings is 1. The number of para-hydroxylation sites is 1. The number of aromatic nitrogens is 3. The van der Waals surface area contributed by atoms with Crippen molar-refractivity contribution in [3.8, 4) is 5.69 Å². The lowest BCUT2D eigenvalue weighted by molar-refractivity contribution is 0.0592. The molecule has 1 heterocycles. The third-order valence-electron chi connectivity index (χ3n) is 2.97. The van der Waals surface area contributed by atoms with Gasteiger partial charge in [-0.2, -0.15) is 9.90 Å². The topological polar surface area (TPSA) is 57.0 Å². The van der Waals surface area contributed by atoms with Crippen molar-refractivity contribution >= 4 is 5.97 Å². The second-order valence-corrected chi connectivity index (χ2v) is 4.32. The Bertz CT molecular complexity index is 573. The maximum absolute atomic E-state index is 11.7. The summed E-state index contributed by atoms with van der Waals surface area (Å²) in [5.41, 5.74) is 1.93. The summed E-state index contributed by atoms with van der Waals surface area (Å²) in [6.07, 6.45) is 2.13. The van der Waals surface area contributed by atoms with Crippen LogP contribution in [0.25, 0.3) is 5.69 Å². The Morgan fingerprint density at radius 2 is 2.00 bits per heavy atom. The van der Waals surface area contributed by atoms with Crippen molar-refractivity contribution in [1.29, 1.82) is 0 Å². The number of methoxy groups -OCH3 is 1. The summed E-state index contributed by atoms with van der Waals surface area (Å²) < 4.78 is 4.75. The number of carbonyl (C=O) groups is 1. The van der Waals surface area contributed by atoms with Crippen molar-refractivity contribution in [2.45, 2.75) is 18.8 Å². The van der Waals surface area contributed by atoms with E-state index in [2.05, 4.69) is 10.2 Å². The van der Waals surface area contributed by atoms with E-state index in [-0.39, 0.29) is 0 Å². The first-order valence-corrected chi connectivity index (χ1v) is 5.90. The van der Waals surface area contributed by atoms with Gasteiger partial charge < -0.3 is 4.74 Å². The molecule has 1 aromatic carbocycles. The van der Waals surface area contributed by atoms with Crippen LogP contribution < -0.4 is 0 Å². The van der Waals surface area contributed by atoms with Gasteiger partial charge in [-0.15, -0.1) is 5.10 Å². The number of hydrogen-bond donors (Lipinski definition) is 0. The molecule has 1 aliphatic rings. The van der Waals surface area contributed by atoms with Gasteiger partial charge in [0.25, 0.3) is 0 Å². The average Bonchev–Trinajstić information content (AvgIpc) is 3.18. The highest BCUT2D eigenvalue weighted by Gasteiger charge is 2.33. The molecule has 0 N–H and O–H groups in total. The van der Waals surface area contributed by atoms with Crippen molar-refractivity contribution in [2.24, 2.45) is 0 Å². The standard InChI is InChI=1S/C13H13N3O2/c1-18-13(17)12-11(9-7-8-9)14-16(15-12)10-5-3-2-4-6-10/h2-6,9H,7-8H2,1H3. The molecule has 1 aromatic heterocycles. The fraction of sp³-hybridized carbons (Fsp3) is 0.308. The van der Waals surface area contributed by atoms with Gasteiger partial charge in [0.15, 0.2) is 5.69 Å². The molecule has 0 amide bonds. The van der Waals surface area contributed by atoms with E-state index < -0.39 is 5.97 Å². The highest BCUT2D eigenvalue weighted by Crippen LogP contribution is 2.40. The molecule has 1 aliphatic carbocycles. The van der Waals surface area contributed by atoms with Gasteiger partial charge in [0, 0.05) is 5.92 Å². The van der Waals surface area contributed by atoms with E-state index in [1.54, 1.807) is 0 Å². The first-order valence-electron chi connectivity index (χ1n) is 5.90. The van der Waals surface area contributed by atoms with Crippen LogP contribution in [-0.2, 0) is 4.74 Å². The lowest BCUT2D eigenvalue weighted by Crippen LogP contribution is -2.05. The van der Waals surface area contributed by atoms with Crippen LogP contribution >= 0.6 is 0 Å². The maximum Gasteiger partial charge on any atom is 0.360 e. The van der Waals surface area contributed by atoms with Gasteiger partial charge in [-0.05, 0) is 25.0 Å². The summed E-state index contributed by atoms with van der Waals surface area (Å²) in [7, 11) is 1.36. The summed E-state index contributed by atoms with van der Waals surface area (Å²) in [6, 6.07) is 9.55. The Morgan fingerprint density at radius 3 is 2.61 bits per heavy atom. The Labute approximate surface area is 104 Å². The molecular weight excluding hydrogens is 230 g/mol. The number of carbonyl (C=O) groups excluding carboxylic acids is 1. The second kappa shape index (κ2) is 4.25. The van der Waals surface area contributed by atoms with Gasteiger partial charge in [-0.1, -0.05) is 18.2 Å². The summed E-state index contributed by atoms with van der Waals surface area (Å²) in [5.74, 6) is -0.0596. The van der Waals surface area contributed by atoms with Crippen LogP contribution in [0, 0.1) is 0 Å². The summed E-state index contributed by atoms with van der Waals surface area (Å²) in [5, 5.41) is 8.66. The Kier molecular flexibility index (Phi) is 2.59. The highest BCUT2D eigenvalue weighted by atomic mass is 16.5. The minimum absolute atomic E-state index is 0.337. The Balaban J connectivity index is 2.04. The molecule has 0 bridgehead atoms. The van der Waals surface area contributed by atoms with Crippen molar-refractivity contribution < 1.29 is 9.53 Å². The average molecular weight is 243 g/mol. The van der Waals surface area contributed by atoms with Gasteiger partial charge in [0.1, 0.15) is 5.69 Å². The fourth-order valence-corrected chi connectivity index (χ4v) is 1.87. The van der Waals surface area contributed by atoms with Crippen molar-refractivity contribution in [1.82, 2.24) is 15.0 Å². The molecule has 1 saturated carbocycles. The predicted molar refractivity (Wildman–Crippen MR) is 64.7 cm³/mol. The molecule has 0 radical (unpaired) electrons. The van der Waals surface area contributed by atoms with Crippen molar-refractivity contribution in [3.05, 3.63) is 41.7 Å². The highest BCUT2D eigenvalue weighted by molar-refractivity contribution is 5.88. The number of hydrogen-bond acceptors (Lipinski definition) is 4. The van der Waals surface area contributed by atoms with Crippen LogP contribution in [0.1, 0.15) is 34.9 Å². The van der Waals surface area contributed by atoms with Crippen LogP contribution in [0.5, 0.6) is 0 Å². The predicted octanol–water partition coefficient (Wildman–Crippen LogP) is 1.93. The minimum atomic E-state index is -0.418. The molecule has 0 unspecified atom stereocenters. The molecule has 0 aliphatic heterocycles. The molecule has 1 fully saturated rings. The van der Waals surface area contributed by atoms with Crippen LogP contribution in [0.2, 0.25) is 0 Å². The monoisotopic (exact) mass is 243 g/mol. The number of esters is 1. The molecular formula is C13H13N3O2. The fourth-order valence-electron chi connectivity index (χ4n) is 1.87. The maximum atomic E-state index is 11.7. The molecule has 5 heteroatoms. The number of rotatable bonds is 3. The van der Waals surface area contributed by atoms with Crippen LogP contribution in [0.3, 0.4) is 0 Å². The lowest BCUT2D eigenvalue weighted by Gasteiger charge is -1.96. The van der Waals surface area contributed by atoms with Crippen molar-refractivity contribution in [2.75, 3.05) is 7.11 Å². The second-order valence-electron chi connectivity index (χ2n) is 4.32. The minimum Gasteiger partial charge on any atom is -0.464 e. The smallest absolute Gasteiger partial charge is 0.360 e. The van der Waals surface area contributed by atoms with Gasteiger partial charge >= 0.3 is 5.97 Å². The van der Waals surface area contributed by atoms with Crippen molar-refractivity contribution in [3.63, 3.8) is 0 Å². The van der Waals surface area contributed by atoms with E-state index in [1.165, 1.54) is 11.9 Å². The summed E-state index contributed by atoms with van der Waals surface area (Å²) >= 11 is 0. The van der Waals surface area contributed by atoms with Crippen LogP contribution in [0.4, 0.5) is 0 Å². The van der Waals surface area contributed by atoms with Crippen LogP contribution in [0.15, 0.2) is 30.3 Å². The first-order chi connectivity index (χ1) is 8.79. The Hall–Kier alpha value is -2.17. The third kappa shape index (κ3) is 1.88. The largest absolute Gasteiger partial charge is 0.464 e. The van der Waals surface area contributed by atoms with E-state index in [0.717, 1.165) is 24.2 Å². The zero-order chi connectivity index (χ0) is 12.5. The van der Waals surface area contributed by atoms with E-state index in [4.69, 9.17) is 4.74 Å². The molecule has 0 spiro atoms. The molecule has 3 rings (SSSR count). The number of nitrogens with zero attached hydrogens (tertiary/aromatic N) is 3.